The van der Waals surface area contributed by atoms with Crippen LogP contribution in [-0.4, -0.2) is 65.7 Å². The van der Waals surface area contributed by atoms with Crippen molar-refractivity contribution >= 4 is 19.8 Å². The number of phosphoric acid groups is 1. The highest BCUT2D eigenvalue weighted by Crippen LogP contribution is 2.43. The van der Waals surface area contributed by atoms with Crippen LogP contribution in [0.25, 0.3) is 0 Å². The van der Waals surface area contributed by atoms with Gasteiger partial charge in [-0.2, -0.15) is 0 Å². The molecule has 0 saturated carbocycles. The van der Waals surface area contributed by atoms with Crippen molar-refractivity contribution in [1.82, 2.24) is 0 Å². The number of aliphatic hydroxyl groups is 2. The van der Waals surface area contributed by atoms with Gasteiger partial charge in [0.1, 0.15) is 12.7 Å². The summed E-state index contributed by atoms with van der Waals surface area (Å²) in [6.07, 6.45) is 34.6. The van der Waals surface area contributed by atoms with Gasteiger partial charge in [-0.25, -0.2) is 4.57 Å². The van der Waals surface area contributed by atoms with Crippen LogP contribution in [0.15, 0.2) is 12.2 Å². The molecule has 0 aromatic rings. The molecule has 0 radical (unpaired) electrons. The van der Waals surface area contributed by atoms with Gasteiger partial charge in [-0.3, -0.25) is 18.6 Å². The molecule has 0 aliphatic carbocycles. The second-order valence-electron chi connectivity index (χ2n) is 14.4. The van der Waals surface area contributed by atoms with Crippen molar-refractivity contribution in [3.8, 4) is 0 Å². The summed E-state index contributed by atoms with van der Waals surface area (Å²) in [5.41, 5.74) is 0. The summed E-state index contributed by atoms with van der Waals surface area (Å²) in [5.74, 6) is -0.926. The first-order chi connectivity index (χ1) is 25.2. The largest absolute Gasteiger partial charge is 0.472 e. The topological polar surface area (TPSA) is 149 Å². The number of phosphoric ester groups is 1. The maximum absolute atomic E-state index is 12.6. The van der Waals surface area contributed by atoms with Crippen LogP contribution in [0.1, 0.15) is 200 Å². The quantitative estimate of drug-likeness (QED) is 0.0238. The first kappa shape index (κ1) is 50.7. The number of carbonyl (C=O) groups is 2. The van der Waals surface area contributed by atoms with Gasteiger partial charge in [-0.05, 0) is 38.5 Å². The monoisotopic (exact) mass is 763 g/mol. The Labute approximate surface area is 317 Å². The van der Waals surface area contributed by atoms with Crippen LogP contribution < -0.4 is 0 Å². The number of esters is 2. The van der Waals surface area contributed by atoms with Crippen LogP contribution >= 0.6 is 7.82 Å². The summed E-state index contributed by atoms with van der Waals surface area (Å²) in [7, 11) is -4.61. The minimum absolute atomic E-state index is 0.188. The zero-order valence-corrected chi connectivity index (χ0v) is 34.2. The molecule has 0 rings (SSSR count). The van der Waals surface area contributed by atoms with E-state index in [2.05, 4.69) is 30.5 Å². The average Bonchev–Trinajstić information content (AvgIpc) is 3.13. The van der Waals surface area contributed by atoms with Gasteiger partial charge in [0.2, 0.25) is 0 Å². The highest BCUT2D eigenvalue weighted by Gasteiger charge is 2.27. The molecule has 0 aromatic heterocycles. The number of allylic oxidation sites excluding steroid dienone is 2. The van der Waals surface area contributed by atoms with Gasteiger partial charge in [-0.1, -0.05) is 161 Å². The van der Waals surface area contributed by atoms with Crippen LogP contribution in [0.5, 0.6) is 0 Å². The minimum Gasteiger partial charge on any atom is -0.462 e. The number of hydrogen-bond donors (Lipinski definition) is 3. The standard InChI is InChI=1S/C41H79O10P/c1-3-5-7-9-11-13-15-17-19-21-22-24-26-28-30-32-40(44)48-36-39(37-50-52(46,47)49-35-38(43)34-42)51-41(45)33-31-29-27-25-23-20-18-16-14-12-10-8-6-4-2/h17,19,38-39,42-43H,3-16,18,20-37H2,1-2H3,(H,46,47)/b19-17-/t38-,39+/m0/s1. The van der Waals surface area contributed by atoms with Gasteiger partial charge >= 0.3 is 19.8 Å². The van der Waals surface area contributed by atoms with Crippen molar-refractivity contribution in [2.75, 3.05) is 26.4 Å². The first-order valence-corrected chi connectivity index (χ1v) is 22.6. The molecule has 0 saturated heterocycles. The second kappa shape index (κ2) is 38.0. The molecule has 0 spiro atoms. The van der Waals surface area contributed by atoms with Crippen LogP contribution in [0.2, 0.25) is 0 Å². The summed E-state index contributed by atoms with van der Waals surface area (Å²) >= 11 is 0. The maximum atomic E-state index is 12.6. The van der Waals surface area contributed by atoms with E-state index in [0.29, 0.717) is 12.8 Å². The summed E-state index contributed by atoms with van der Waals surface area (Å²) in [6.45, 7) is 2.38. The Balaban J connectivity index is 4.30. The summed E-state index contributed by atoms with van der Waals surface area (Å²) in [6, 6.07) is 0. The van der Waals surface area contributed by atoms with Crippen LogP contribution in [0.3, 0.4) is 0 Å². The van der Waals surface area contributed by atoms with E-state index in [1.807, 2.05) is 0 Å². The van der Waals surface area contributed by atoms with Gasteiger partial charge in [-0.15, -0.1) is 0 Å². The molecule has 0 aliphatic rings. The zero-order chi connectivity index (χ0) is 38.4. The van der Waals surface area contributed by atoms with Crippen LogP contribution in [0.4, 0.5) is 0 Å². The Morgan fingerprint density at radius 1 is 0.558 bits per heavy atom. The minimum atomic E-state index is -4.61. The predicted molar refractivity (Wildman–Crippen MR) is 210 cm³/mol. The van der Waals surface area contributed by atoms with Crippen molar-refractivity contribution in [3.63, 3.8) is 0 Å². The van der Waals surface area contributed by atoms with Crippen molar-refractivity contribution in [3.05, 3.63) is 12.2 Å². The summed E-state index contributed by atoms with van der Waals surface area (Å²) < 4.78 is 32.7. The lowest BCUT2D eigenvalue weighted by Gasteiger charge is -2.20. The van der Waals surface area contributed by atoms with E-state index in [9.17, 15) is 24.2 Å². The molecule has 10 nitrogen and oxygen atoms in total. The number of hydrogen-bond acceptors (Lipinski definition) is 9. The van der Waals surface area contributed by atoms with E-state index < -0.39 is 51.8 Å². The Morgan fingerprint density at radius 2 is 0.942 bits per heavy atom. The molecule has 308 valence electrons. The predicted octanol–water partition coefficient (Wildman–Crippen LogP) is 10.8. The molecule has 0 heterocycles. The molecule has 0 aliphatic heterocycles. The molecule has 3 N–H and O–H groups in total. The molecule has 0 aromatic carbocycles. The van der Waals surface area contributed by atoms with E-state index in [1.54, 1.807) is 0 Å². The van der Waals surface area contributed by atoms with E-state index >= 15 is 0 Å². The lowest BCUT2D eigenvalue weighted by Crippen LogP contribution is -2.29. The second-order valence-corrected chi connectivity index (χ2v) is 15.8. The fourth-order valence-electron chi connectivity index (χ4n) is 5.87. The number of unbranched alkanes of at least 4 members (excludes halogenated alkanes) is 24. The van der Waals surface area contributed by atoms with Gasteiger partial charge in [0.15, 0.2) is 6.10 Å². The highest BCUT2D eigenvalue weighted by molar-refractivity contribution is 7.47. The van der Waals surface area contributed by atoms with Gasteiger partial charge in [0.05, 0.1) is 19.8 Å². The summed E-state index contributed by atoms with van der Waals surface area (Å²) in [5, 5.41) is 18.3. The third-order valence-corrected chi connectivity index (χ3v) is 10.1. The number of aliphatic hydroxyl groups excluding tert-OH is 2. The fourth-order valence-corrected chi connectivity index (χ4v) is 6.66. The lowest BCUT2D eigenvalue weighted by molar-refractivity contribution is -0.161. The van der Waals surface area contributed by atoms with E-state index in [1.165, 1.54) is 109 Å². The first-order valence-electron chi connectivity index (χ1n) is 21.1. The Morgan fingerprint density at radius 3 is 1.38 bits per heavy atom. The third kappa shape index (κ3) is 37.0. The Kier molecular flexibility index (Phi) is 37.1. The molecule has 11 heteroatoms. The maximum Gasteiger partial charge on any atom is 0.472 e. The van der Waals surface area contributed by atoms with Crippen LogP contribution in [-0.2, 0) is 32.7 Å². The van der Waals surface area contributed by atoms with Gasteiger partial charge in [0, 0.05) is 12.8 Å². The fraction of sp³-hybridized carbons (Fsp3) is 0.902. The molecule has 0 bridgehead atoms. The molecular formula is C41H79O10P. The van der Waals surface area contributed by atoms with Crippen molar-refractivity contribution in [2.45, 2.75) is 212 Å². The van der Waals surface area contributed by atoms with Crippen molar-refractivity contribution < 1.29 is 47.8 Å². The van der Waals surface area contributed by atoms with E-state index in [4.69, 9.17) is 19.1 Å². The molecule has 1 unspecified atom stereocenters. The van der Waals surface area contributed by atoms with Crippen LogP contribution in [0, 0.1) is 0 Å². The average molecular weight is 763 g/mol. The van der Waals surface area contributed by atoms with E-state index in [0.717, 1.165) is 51.4 Å². The zero-order valence-electron chi connectivity index (χ0n) is 33.3. The molecule has 0 fully saturated rings. The smallest absolute Gasteiger partial charge is 0.462 e. The summed E-state index contributed by atoms with van der Waals surface area (Å²) in [4.78, 5) is 34.9. The molecule has 52 heavy (non-hydrogen) atoms. The third-order valence-electron chi connectivity index (χ3n) is 9.17. The lowest BCUT2D eigenvalue weighted by atomic mass is 10.0. The Bertz CT molecular complexity index is 884. The Hall–Kier alpha value is -1.29. The molecular weight excluding hydrogens is 683 g/mol. The van der Waals surface area contributed by atoms with Crippen molar-refractivity contribution in [2.24, 2.45) is 0 Å². The normalized spacial score (nSPS) is 14.0. The number of rotatable bonds is 40. The van der Waals surface area contributed by atoms with E-state index in [-0.39, 0.29) is 19.4 Å². The van der Waals surface area contributed by atoms with Crippen molar-refractivity contribution in [1.29, 1.82) is 0 Å². The van der Waals surface area contributed by atoms with Gasteiger partial charge < -0.3 is 24.6 Å². The number of ether oxygens (including phenoxy) is 2. The van der Waals surface area contributed by atoms with Gasteiger partial charge in [0.25, 0.3) is 0 Å². The highest BCUT2D eigenvalue weighted by atomic mass is 31.2. The number of carbonyl (C=O) groups excluding carboxylic acids is 2. The molecule has 0 amide bonds. The SMILES string of the molecule is CCCCCCCC/C=C\CCCCCCCC(=O)OC[C@H](COP(=O)(O)OC[C@@H](O)CO)OC(=O)CCCCCCCCCCCCCCCC. The molecule has 3 atom stereocenters.